The molecule has 0 saturated heterocycles. The number of carbonyl (C=O) groups excluding carboxylic acids is 1. The van der Waals surface area contributed by atoms with Crippen LogP contribution in [0.4, 0.5) is 0 Å². The first-order valence-electron chi connectivity index (χ1n) is 21.4. The van der Waals surface area contributed by atoms with Crippen LogP contribution in [-0.2, 0) is 18.4 Å². The first kappa shape index (κ1) is 50.2. The summed E-state index contributed by atoms with van der Waals surface area (Å²) in [7, 11) is -4.39. The highest BCUT2D eigenvalue weighted by Gasteiger charge is 2.27. The fourth-order valence-electron chi connectivity index (χ4n) is 6.41. The van der Waals surface area contributed by atoms with Gasteiger partial charge in [0.1, 0.15) is 0 Å². The number of unbranched alkanes of at least 4 members (excludes halogenated alkanes) is 26. The van der Waals surface area contributed by atoms with E-state index in [2.05, 4.69) is 19.2 Å². The third-order valence-corrected chi connectivity index (χ3v) is 10.7. The molecule has 0 bridgehead atoms. The smallest absolute Gasteiger partial charge is 0.393 e. The molecule has 0 radical (unpaired) electrons. The molecule has 0 aromatic rings. The Morgan fingerprint density at radius 3 is 1.51 bits per heavy atom. The van der Waals surface area contributed by atoms with Gasteiger partial charge in [-0.05, 0) is 19.3 Å². The molecule has 9 nitrogen and oxygen atoms in total. The summed E-state index contributed by atoms with van der Waals surface area (Å²) in [5, 5.41) is 24.0. The van der Waals surface area contributed by atoms with Crippen molar-refractivity contribution in [1.82, 2.24) is 5.32 Å². The minimum atomic E-state index is -4.39. The molecule has 0 spiro atoms. The van der Waals surface area contributed by atoms with Gasteiger partial charge in [-0.2, -0.15) is 0 Å². The van der Waals surface area contributed by atoms with Gasteiger partial charge in [0.05, 0.1) is 37.9 Å². The largest absolute Gasteiger partial charge is 0.472 e. The van der Waals surface area contributed by atoms with Crippen LogP contribution in [0.1, 0.15) is 206 Å². The number of phosphoric ester groups is 1. The first-order valence-corrected chi connectivity index (χ1v) is 22.9. The molecular weight excluding hydrogens is 663 g/mol. The van der Waals surface area contributed by atoms with Gasteiger partial charge in [0.2, 0.25) is 5.91 Å². The molecule has 0 aliphatic heterocycles. The zero-order valence-corrected chi connectivity index (χ0v) is 34.1. The second-order valence-corrected chi connectivity index (χ2v) is 16.2. The number of amides is 1. The third-order valence-electron chi connectivity index (χ3n) is 9.67. The molecule has 0 rings (SSSR count). The third kappa shape index (κ3) is 36.0. The minimum absolute atomic E-state index is 0.0512. The maximum atomic E-state index is 12.8. The van der Waals surface area contributed by atoms with Crippen LogP contribution in [0.2, 0.25) is 0 Å². The summed E-state index contributed by atoms with van der Waals surface area (Å²) >= 11 is 0. The minimum Gasteiger partial charge on any atom is -0.393 e. The van der Waals surface area contributed by atoms with Crippen molar-refractivity contribution in [2.45, 2.75) is 225 Å². The second kappa shape index (κ2) is 37.5. The van der Waals surface area contributed by atoms with E-state index in [4.69, 9.17) is 14.8 Å². The van der Waals surface area contributed by atoms with E-state index < -0.39 is 38.6 Å². The van der Waals surface area contributed by atoms with E-state index >= 15 is 0 Å². The Morgan fingerprint density at radius 2 is 1.08 bits per heavy atom. The molecule has 4 atom stereocenters. The molecule has 1 amide bonds. The van der Waals surface area contributed by atoms with Crippen LogP contribution in [-0.4, -0.2) is 59.0 Å². The van der Waals surface area contributed by atoms with Crippen LogP contribution < -0.4 is 11.1 Å². The van der Waals surface area contributed by atoms with Crippen molar-refractivity contribution in [3.05, 3.63) is 12.2 Å². The molecule has 0 saturated carbocycles. The second-order valence-electron chi connectivity index (χ2n) is 14.8. The van der Waals surface area contributed by atoms with E-state index in [0.717, 1.165) is 38.5 Å². The van der Waals surface area contributed by atoms with Gasteiger partial charge in [0, 0.05) is 6.54 Å². The Bertz CT molecular complexity index is 832. The molecule has 10 heteroatoms. The quantitative estimate of drug-likeness (QED) is 0.0236. The van der Waals surface area contributed by atoms with Gasteiger partial charge in [-0.3, -0.25) is 13.8 Å². The number of carbonyl (C=O) groups is 1. The predicted molar refractivity (Wildman–Crippen MR) is 214 cm³/mol. The summed E-state index contributed by atoms with van der Waals surface area (Å²) in [6, 6.07) is -0.976. The highest BCUT2D eigenvalue weighted by Crippen LogP contribution is 2.43. The van der Waals surface area contributed by atoms with Crippen molar-refractivity contribution in [2.24, 2.45) is 5.73 Å². The van der Waals surface area contributed by atoms with E-state index in [1.54, 1.807) is 6.08 Å². The Morgan fingerprint density at radius 1 is 0.667 bits per heavy atom. The molecule has 0 aromatic heterocycles. The normalized spacial score (nSPS) is 14.9. The molecule has 4 unspecified atom stereocenters. The standard InChI is InChI=1S/C41H83N2O7P/c1-3-5-7-9-11-13-15-16-17-18-19-20-21-22-23-24-26-28-30-32-38(44)36-41(46)43-39(37-50-51(47,48)49-35-34-42)40(45)33-31-29-27-25-14-12-10-8-6-4-2/h31,33,38-40,44-45H,3-30,32,34-37,42H2,1-2H3,(H,43,46)(H,47,48)/b33-31+. The average Bonchev–Trinajstić information content (AvgIpc) is 3.10. The number of hydrogen-bond acceptors (Lipinski definition) is 7. The van der Waals surface area contributed by atoms with Gasteiger partial charge < -0.3 is 26.2 Å². The summed E-state index contributed by atoms with van der Waals surface area (Å²) < 4.78 is 22.0. The molecule has 6 N–H and O–H groups in total. The lowest BCUT2D eigenvalue weighted by molar-refractivity contribution is -0.124. The Balaban J connectivity index is 4.19. The van der Waals surface area contributed by atoms with E-state index in [-0.39, 0.29) is 19.6 Å². The molecule has 0 heterocycles. The number of nitrogens with one attached hydrogen (secondary N) is 1. The van der Waals surface area contributed by atoms with Crippen molar-refractivity contribution in [3.8, 4) is 0 Å². The zero-order chi connectivity index (χ0) is 37.7. The van der Waals surface area contributed by atoms with Crippen LogP contribution in [0.3, 0.4) is 0 Å². The number of nitrogens with two attached hydrogens (primary N) is 1. The molecule has 0 aliphatic rings. The van der Waals surface area contributed by atoms with Crippen LogP contribution in [0.5, 0.6) is 0 Å². The summed E-state index contributed by atoms with van der Waals surface area (Å²) in [5.41, 5.74) is 5.35. The summed E-state index contributed by atoms with van der Waals surface area (Å²) in [6.45, 7) is 3.96. The highest BCUT2D eigenvalue weighted by atomic mass is 31.2. The lowest BCUT2D eigenvalue weighted by atomic mass is 10.0. The lowest BCUT2D eigenvalue weighted by Gasteiger charge is -2.24. The van der Waals surface area contributed by atoms with E-state index in [0.29, 0.717) is 6.42 Å². The van der Waals surface area contributed by atoms with Gasteiger partial charge >= 0.3 is 7.82 Å². The molecule has 0 fully saturated rings. The maximum absolute atomic E-state index is 12.8. The van der Waals surface area contributed by atoms with Crippen LogP contribution in [0.15, 0.2) is 12.2 Å². The van der Waals surface area contributed by atoms with Crippen molar-refractivity contribution in [1.29, 1.82) is 0 Å². The Kier molecular flexibility index (Phi) is 36.9. The van der Waals surface area contributed by atoms with Crippen molar-refractivity contribution in [3.63, 3.8) is 0 Å². The van der Waals surface area contributed by atoms with E-state index in [1.807, 2.05) is 6.08 Å². The number of aliphatic hydroxyl groups excluding tert-OH is 2. The molecule has 304 valence electrons. The van der Waals surface area contributed by atoms with Crippen molar-refractivity contribution < 1.29 is 33.5 Å². The molecule has 0 aromatic carbocycles. The van der Waals surface area contributed by atoms with Crippen LogP contribution in [0, 0.1) is 0 Å². The van der Waals surface area contributed by atoms with Gasteiger partial charge in [-0.15, -0.1) is 0 Å². The van der Waals surface area contributed by atoms with Crippen molar-refractivity contribution in [2.75, 3.05) is 19.8 Å². The summed E-state index contributed by atoms with van der Waals surface area (Å²) in [4.78, 5) is 22.7. The SMILES string of the molecule is CCCCCCCCCC/C=C/C(O)C(COP(=O)(O)OCCN)NC(=O)CC(O)CCCCCCCCCCCCCCCCCCCCC. The Hall–Kier alpha value is -0.800. The molecule has 0 aliphatic carbocycles. The van der Waals surface area contributed by atoms with Gasteiger partial charge in [-0.1, -0.05) is 193 Å². The topological polar surface area (TPSA) is 151 Å². The Labute approximate surface area is 314 Å². The maximum Gasteiger partial charge on any atom is 0.472 e. The van der Waals surface area contributed by atoms with E-state index in [9.17, 15) is 24.5 Å². The van der Waals surface area contributed by atoms with Crippen LogP contribution in [0.25, 0.3) is 0 Å². The fraction of sp³-hybridized carbons (Fsp3) is 0.927. The van der Waals surface area contributed by atoms with Gasteiger partial charge in [0.25, 0.3) is 0 Å². The lowest BCUT2D eigenvalue weighted by Crippen LogP contribution is -2.46. The molecular formula is C41H83N2O7P. The highest BCUT2D eigenvalue weighted by molar-refractivity contribution is 7.47. The molecule has 51 heavy (non-hydrogen) atoms. The van der Waals surface area contributed by atoms with Gasteiger partial charge in [0.15, 0.2) is 0 Å². The zero-order valence-electron chi connectivity index (χ0n) is 33.2. The van der Waals surface area contributed by atoms with E-state index in [1.165, 1.54) is 141 Å². The van der Waals surface area contributed by atoms with Crippen molar-refractivity contribution >= 4 is 13.7 Å². The number of allylic oxidation sites excluding steroid dienone is 1. The number of rotatable bonds is 40. The summed E-state index contributed by atoms with van der Waals surface area (Å²) in [6.07, 6.45) is 37.3. The number of phosphoric acid groups is 1. The average molecular weight is 747 g/mol. The van der Waals surface area contributed by atoms with Gasteiger partial charge in [-0.25, -0.2) is 4.57 Å². The predicted octanol–water partition coefficient (Wildman–Crippen LogP) is 10.6. The first-order chi connectivity index (χ1) is 24.8. The fourth-order valence-corrected chi connectivity index (χ4v) is 7.17. The summed E-state index contributed by atoms with van der Waals surface area (Å²) in [5.74, 6) is -0.444. The number of hydrogen-bond donors (Lipinski definition) is 5. The van der Waals surface area contributed by atoms with Crippen LogP contribution >= 0.6 is 7.82 Å². The number of aliphatic hydroxyl groups is 2. The monoisotopic (exact) mass is 747 g/mol.